The molecule has 0 saturated carbocycles. The second kappa shape index (κ2) is 35.2. The van der Waals surface area contributed by atoms with Crippen LogP contribution in [0.15, 0.2) is 24.3 Å². The van der Waals surface area contributed by atoms with E-state index >= 15 is 0 Å². The summed E-state index contributed by atoms with van der Waals surface area (Å²) in [6.07, 6.45) is 33.8. The van der Waals surface area contributed by atoms with Crippen LogP contribution >= 0.6 is 0 Å². The van der Waals surface area contributed by atoms with Gasteiger partial charge in [-0.05, 0) is 64.2 Å². The average molecular weight is 546 g/mol. The van der Waals surface area contributed by atoms with Crippen LogP contribution in [-0.2, 0) is 29.1 Å². The Kier molecular flexibility index (Phi) is 38.8. The van der Waals surface area contributed by atoms with Crippen molar-refractivity contribution >= 4 is 11.9 Å². The zero-order valence-corrected chi connectivity index (χ0v) is 26.3. The molecule has 0 aliphatic rings. The minimum atomic E-state index is -0.680. The van der Waals surface area contributed by atoms with E-state index in [1.54, 1.807) is 0 Å². The molecule has 0 atom stereocenters. The maximum Gasteiger partial charge on any atom is 0.303 e. The van der Waals surface area contributed by atoms with Gasteiger partial charge in [0.25, 0.3) is 0 Å². The van der Waals surface area contributed by atoms with Crippen molar-refractivity contribution < 1.29 is 39.3 Å². The molecule has 0 saturated heterocycles. The van der Waals surface area contributed by atoms with Crippen molar-refractivity contribution in [2.24, 2.45) is 0 Å². The van der Waals surface area contributed by atoms with Gasteiger partial charge in [-0.25, -0.2) is 0 Å². The van der Waals surface area contributed by atoms with Gasteiger partial charge in [0.2, 0.25) is 0 Å². The third-order valence-electron chi connectivity index (χ3n) is 5.80. The van der Waals surface area contributed by atoms with Crippen LogP contribution in [0.4, 0.5) is 0 Å². The predicted octanol–water partition coefficient (Wildman–Crippen LogP) is 9.87. The van der Waals surface area contributed by atoms with Gasteiger partial charge < -0.3 is 10.2 Å². The minimum Gasteiger partial charge on any atom is -0.481 e. The molecule has 0 rings (SSSR count). The van der Waals surface area contributed by atoms with Gasteiger partial charge in [0, 0.05) is 32.3 Å². The monoisotopic (exact) mass is 544 g/mol. The molecule has 0 aliphatic heterocycles. The summed E-state index contributed by atoms with van der Waals surface area (Å²) < 4.78 is 0. The van der Waals surface area contributed by atoms with E-state index in [0.29, 0.717) is 12.8 Å². The summed E-state index contributed by atoms with van der Waals surface area (Å²) in [4.78, 5) is 20.5. The number of hydrogen-bond acceptors (Lipinski definition) is 2. The van der Waals surface area contributed by atoms with Gasteiger partial charge in [-0.15, -0.1) is 0 Å². The molecule has 0 aromatic rings. The maximum atomic E-state index is 10.3. The van der Waals surface area contributed by atoms with Gasteiger partial charge in [0.05, 0.1) is 0 Å². The van der Waals surface area contributed by atoms with E-state index in [1.807, 2.05) is 0 Å². The molecule has 0 aliphatic carbocycles. The molecule has 0 radical (unpaired) electrons. The summed E-state index contributed by atoms with van der Waals surface area (Å²) >= 11 is 0. The van der Waals surface area contributed by atoms with Gasteiger partial charge in [-0.2, -0.15) is 0 Å². The summed E-state index contributed by atoms with van der Waals surface area (Å²) in [5.41, 5.74) is 0. The second-order valence-corrected chi connectivity index (χ2v) is 9.33. The van der Waals surface area contributed by atoms with Crippen LogP contribution < -0.4 is 0 Å². The van der Waals surface area contributed by atoms with E-state index in [1.165, 1.54) is 89.9 Å². The molecule has 0 heterocycles. The normalized spacial score (nSPS) is 10.8. The van der Waals surface area contributed by atoms with Gasteiger partial charge in [0.1, 0.15) is 0 Å². The average Bonchev–Trinajstić information content (AvgIpc) is 2.80. The quantitative estimate of drug-likeness (QED) is 0.0718. The number of allylic oxidation sites excluding steroid dienone is 4. The van der Waals surface area contributed by atoms with Crippen molar-refractivity contribution in [3.05, 3.63) is 24.3 Å². The molecular weight excluding hydrogens is 490 g/mol. The van der Waals surface area contributed by atoms with E-state index in [-0.39, 0.29) is 19.5 Å². The number of hydrogen-bond donors (Lipinski definition) is 2. The van der Waals surface area contributed by atoms with Gasteiger partial charge in [0.15, 0.2) is 0 Å². The molecule has 0 aromatic heterocycles. The van der Waals surface area contributed by atoms with Crippen LogP contribution in [0.1, 0.15) is 155 Å². The molecule has 0 unspecified atom stereocenters. The smallest absolute Gasteiger partial charge is 0.303 e. The van der Waals surface area contributed by atoms with Crippen LogP contribution in [-0.4, -0.2) is 22.2 Å². The summed E-state index contributed by atoms with van der Waals surface area (Å²) in [6, 6.07) is 0. The van der Waals surface area contributed by atoms with Crippen LogP contribution in [0.2, 0.25) is 0 Å². The van der Waals surface area contributed by atoms with Gasteiger partial charge in [-0.1, -0.05) is 102 Å². The largest absolute Gasteiger partial charge is 0.481 e. The Bertz CT molecular complexity index is 445. The van der Waals surface area contributed by atoms with Crippen molar-refractivity contribution in [2.75, 3.05) is 0 Å². The fourth-order valence-electron chi connectivity index (χ4n) is 3.63. The molecule has 0 bridgehead atoms. The first-order valence-corrected chi connectivity index (χ1v) is 14.3. The summed E-state index contributed by atoms with van der Waals surface area (Å²) in [5, 5.41) is 16.9. The van der Waals surface area contributed by atoms with Crippen LogP contribution in [0.3, 0.4) is 0 Å². The first-order chi connectivity index (χ1) is 16.5. The predicted molar refractivity (Wildman–Crippen MR) is 146 cm³/mol. The Morgan fingerprint density at radius 3 is 1.00 bits per heavy atom. The van der Waals surface area contributed by atoms with Gasteiger partial charge >= 0.3 is 11.9 Å². The number of carboxylic acids is 2. The molecule has 2 N–H and O–H groups in total. The van der Waals surface area contributed by atoms with Crippen LogP contribution in [0.5, 0.6) is 0 Å². The van der Waals surface area contributed by atoms with Crippen molar-refractivity contribution in [3.63, 3.8) is 0 Å². The Morgan fingerprint density at radius 1 is 0.457 bits per heavy atom. The minimum absolute atomic E-state index is 0. The SMILES string of the molecule is CCCCCCCCC=CCCCCC(=O)O.CCCCCCCCC=CCCCCC(=O)O.[Zn]. The Balaban J connectivity index is -0.000000569. The molecule has 4 nitrogen and oxygen atoms in total. The van der Waals surface area contributed by atoms with Crippen molar-refractivity contribution in [2.45, 2.75) is 155 Å². The summed E-state index contributed by atoms with van der Waals surface area (Å²) in [6.45, 7) is 4.49. The van der Waals surface area contributed by atoms with Crippen LogP contribution in [0, 0.1) is 0 Å². The fourth-order valence-corrected chi connectivity index (χ4v) is 3.63. The topological polar surface area (TPSA) is 74.6 Å². The molecule has 0 aromatic carbocycles. The van der Waals surface area contributed by atoms with Gasteiger partial charge in [-0.3, -0.25) is 9.59 Å². The fraction of sp³-hybridized carbons (Fsp3) is 0.800. The van der Waals surface area contributed by atoms with Crippen LogP contribution in [0.25, 0.3) is 0 Å². The standard InChI is InChI=1S/2C15H28O2.Zn/c2*1-2-3-4-5-6-7-8-9-10-11-12-13-14-15(16)17;/h2*9-10H,2-8,11-14H2,1H3,(H,16,17);. The molecule has 35 heavy (non-hydrogen) atoms. The first-order valence-electron chi connectivity index (χ1n) is 14.3. The Morgan fingerprint density at radius 2 is 0.714 bits per heavy atom. The summed E-state index contributed by atoms with van der Waals surface area (Å²) in [7, 11) is 0. The maximum absolute atomic E-state index is 10.3. The number of carbonyl (C=O) groups is 2. The molecule has 202 valence electrons. The first kappa shape index (κ1) is 38.6. The third-order valence-corrected chi connectivity index (χ3v) is 5.80. The van der Waals surface area contributed by atoms with E-state index in [2.05, 4.69) is 38.2 Å². The second-order valence-electron chi connectivity index (χ2n) is 9.33. The number of aliphatic carboxylic acids is 2. The Hall–Kier alpha value is -0.957. The summed E-state index contributed by atoms with van der Waals surface area (Å²) in [5.74, 6) is -1.36. The van der Waals surface area contributed by atoms with Crippen molar-refractivity contribution in [3.8, 4) is 0 Å². The molecule has 0 spiro atoms. The number of carboxylic acid groups (broad SMARTS) is 2. The molecular formula is C30H56O4Zn. The molecule has 0 amide bonds. The third kappa shape index (κ3) is 43.5. The van der Waals surface area contributed by atoms with E-state index in [9.17, 15) is 9.59 Å². The number of unbranched alkanes of at least 4 members (excludes halogenated alkanes) is 16. The van der Waals surface area contributed by atoms with Crippen molar-refractivity contribution in [1.82, 2.24) is 0 Å². The van der Waals surface area contributed by atoms with E-state index in [0.717, 1.165) is 38.5 Å². The van der Waals surface area contributed by atoms with E-state index < -0.39 is 11.9 Å². The number of rotatable bonds is 24. The molecule has 0 fully saturated rings. The Labute approximate surface area is 230 Å². The zero-order chi connectivity index (χ0) is 25.5. The zero-order valence-electron chi connectivity index (χ0n) is 23.3. The molecule has 5 heteroatoms. The van der Waals surface area contributed by atoms with E-state index in [4.69, 9.17) is 10.2 Å². The van der Waals surface area contributed by atoms with Crippen molar-refractivity contribution in [1.29, 1.82) is 0 Å².